The highest BCUT2D eigenvalue weighted by Gasteiger charge is 2.36. The zero-order chi connectivity index (χ0) is 19.4. The van der Waals surface area contributed by atoms with E-state index in [0.29, 0.717) is 0 Å². The van der Waals surface area contributed by atoms with Gasteiger partial charge >= 0.3 is 5.82 Å². The SMILES string of the molecule is CC(C)(C)[Si](C)(C)OCCCC1CCN(c2ccc([N+](=O)[O-])nc2)CC1. The Bertz CT molecular complexity index is 591. The normalized spacial score (nSPS) is 16.7. The minimum absolute atomic E-state index is 0.0923. The number of aromatic nitrogens is 1. The molecule has 0 aliphatic carbocycles. The van der Waals surface area contributed by atoms with E-state index in [1.807, 2.05) is 0 Å². The van der Waals surface area contributed by atoms with Gasteiger partial charge in [0.05, 0.1) is 5.69 Å². The van der Waals surface area contributed by atoms with Gasteiger partial charge in [0.15, 0.2) is 14.5 Å². The number of pyridine rings is 1. The van der Waals surface area contributed by atoms with Crippen LogP contribution in [-0.4, -0.2) is 37.9 Å². The van der Waals surface area contributed by atoms with E-state index in [-0.39, 0.29) is 10.9 Å². The van der Waals surface area contributed by atoms with Crippen LogP contribution in [0.3, 0.4) is 0 Å². The van der Waals surface area contributed by atoms with Crippen molar-refractivity contribution in [2.45, 2.75) is 64.6 Å². The smallest absolute Gasteiger partial charge is 0.363 e. The van der Waals surface area contributed by atoms with Crippen molar-refractivity contribution >= 4 is 19.8 Å². The molecule has 0 N–H and O–H groups in total. The largest absolute Gasteiger partial charge is 0.417 e. The van der Waals surface area contributed by atoms with E-state index in [1.54, 1.807) is 12.3 Å². The second kappa shape index (κ2) is 8.48. The van der Waals surface area contributed by atoms with Crippen molar-refractivity contribution in [3.63, 3.8) is 0 Å². The molecule has 1 saturated heterocycles. The fourth-order valence-electron chi connectivity index (χ4n) is 3.07. The van der Waals surface area contributed by atoms with Gasteiger partial charge in [-0.3, -0.25) is 0 Å². The molecular weight excluding hydrogens is 346 g/mol. The molecular formula is C19H33N3O3Si. The summed E-state index contributed by atoms with van der Waals surface area (Å²) < 4.78 is 6.27. The highest BCUT2D eigenvalue weighted by Crippen LogP contribution is 2.36. The molecule has 0 saturated carbocycles. The predicted octanol–water partition coefficient (Wildman–Crippen LogP) is 5.01. The lowest BCUT2D eigenvalue weighted by Gasteiger charge is -2.36. The van der Waals surface area contributed by atoms with Gasteiger partial charge in [0, 0.05) is 25.8 Å². The van der Waals surface area contributed by atoms with Crippen molar-refractivity contribution in [3.8, 4) is 0 Å². The number of hydrogen-bond donors (Lipinski definition) is 0. The molecule has 0 spiro atoms. The number of nitrogens with zero attached hydrogens (tertiary/aromatic N) is 3. The summed E-state index contributed by atoms with van der Waals surface area (Å²) in [7, 11) is -1.62. The maximum atomic E-state index is 10.7. The van der Waals surface area contributed by atoms with Gasteiger partial charge in [-0.25, -0.2) is 0 Å². The van der Waals surface area contributed by atoms with Crippen LogP contribution in [-0.2, 0) is 4.43 Å². The molecule has 2 rings (SSSR count). The average molecular weight is 380 g/mol. The molecule has 1 aromatic rings. The Morgan fingerprint density at radius 1 is 1.31 bits per heavy atom. The Labute approximate surface area is 158 Å². The summed E-state index contributed by atoms with van der Waals surface area (Å²) in [6.07, 6.45) is 6.30. The minimum Gasteiger partial charge on any atom is -0.417 e. The highest BCUT2D eigenvalue weighted by molar-refractivity contribution is 6.74. The third-order valence-corrected chi connectivity index (χ3v) is 10.5. The first kappa shape index (κ1) is 20.8. The van der Waals surface area contributed by atoms with Crippen molar-refractivity contribution < 1.29 is 9.35 Å². The Morgan fingerprint density at radius 2 is 1.96 bits per heavy atom. The van der Waals surface area contributed by atoms with E-state index in [4.69, 9.17) is 4.43 Å². The molecule has 0 unspecified atom stereocenters. The first-order valence-electron chi connectivity index (χ1n) is 9.59. The van der Waals surface area contributed by atoms with Gasteiger partial charge in [-0.2, -0.15) is 0 Å². The van der Waals surface area contributed by atoms with Gasteiger partial charge < -0.3 is 19.4 Å². The second-order valence-corrected chi connectivity index (χ2v) is 13.6. The summed E-state index contributed by atoms with van der Waals surface area (Å²) in [5, 5.41) is 11.0. The zero-order valence-electron chi connectivity index (χ0n) is 16.8. The van der Waals surface area contributed by atoms with Crippen LogP contribution in [0.1, 0.15) is 46.5 Å². The second-order valence-electron chi connectivity index (χ2n) is 8.81. The van der Waals surface area contributed by atoms with Gasteiger partial charge in [-0.1, -0.05) is 20.8 Å². The highest BCUT2D eigenvalue weighted by atomic mass is 28.4. The van der Waals surface area contributed by atoms with Crippen molar-refractivity contribution in [2.75, 3.05) is 24.6 Å². The van der Waals surface area contributed by atoms with E-state index in [1.165, 1.54) is 12.5 Å². The van der Waals surface area contributed by atoms with Crippen LogP contribution in [0.25, 0.3) is 0 Å². The topological polar surface area (TPSA) is 68.5 Å². The molecule has 146 valence electrons. The monoisotopic (exact) mass is 379 g/mol. The molecule has 0 radical (unpaired) electrons. The lowest BCUT2D eigenvalue weighted by Crippen LogP contribution is -2.41. The number of nitro groups is 1. The third-order valence-electron chi connectivity index (χ3n) is 5.92. The van der Waals surface area contributed by atoms with Crippen molar-refractivity contribution in [1.82, 2.24) is 4.98 Å². The Morgan fingerprint density at radius 3 is 2.46 bits per heavy atom. The fraction of sp³-hybridized carbons (Fsp3) is 0.737. The number of anilines is 1. The van der Waals surface area contributed by atoms with E-state index < -0.39 is 13.2 Å². The molecule has 7 heteroatoms. The predicted molar refractivity (Wildman–Crippen MR) is 108 cm³/mol. The molecule has 0 aromatic carbocycles. The number of rotatable bonds is 7. The summed E-state index contributed by atoms with van der Waals surface area (Å²) in [5.74, 6) is 0.658. The molecule has 1 aliphatic heterocycles. The summed E-state index contributed by atoms with van der Waals surface area (Å²) in [6, 6.07) is 3.29. The van der Waals surface area contributed by atoms with Crippen LogP contribution >= 0.6 is 0 Å². The summed E-state index contributed by atoms with van der Waals surface area (Å²) >= 11 is 0. The van der Waals surface area contributed by atoms with Gasteiger partial charge in [-0.15, -0.1) is 0 Å². The molecule has 0 atom stereocenters. The molecule has 26 heavy (non-hydrogen) atoms. The van der Waals surface area contributed by atoms with E-state index in [0.717, 1.165) is 50.6 Å². The van der Waals surface area contributed by atoms with Crippen LogP contribution in [0.4, 0.5) is 11.5 Å². The Kier molecular flexibility index (Phi) is 6.79. The van der Waals surface area contributed by atoms with Crippen LogP contribution in [0.2, 0.25) is 18.1 Å². The van der Waals surface area contributed by atoms with Crippen LogP contribution in [0, 0.1) is 16.0 Å². The van der Waals surface area contributed by atoms with Gasteiger partial charge in [0.25, 0.3) is 0 Å². The summed E-state index contributed by atoms with van der Waals surface area (Å²) in [4.78, 5) is 16.4. The molecule has 6 nitrogen and oxygen atoms in total. The number of piperidine rings is 1. The van der Waals surface area contributed by atoms with Crippen molar-refractivity contribution in [1.29, 1.82) is 0 Å². The summed E-state index contributed by atoms with van der Waals surface area (Å²) in [5.41, 5.74) is 0.982. The van der Waals surface area contributed by atoms with Crippen LogP contribution < -0.4 is 4.90 Å². The zero-order valence-corrected chi connectivity index (χ0v) is 17.8. The first-order valence-corrected chi connectivity index (χ1v) is 12.5. The van der Waals surface area contributed by atoms with E-state index in [2.05, 4.69) is 43.7 Å². The maximum absolute atomic E-state index is 10.7. The molecule has 0 amide bonds. The number of hydrogen-bond acceptors (Lipinski definition) is 5. The molecule has 1 fully saturated rings. The Balaban J connectivity index is 1.71. The molecule has 2 heterocycles. The molecule has 1 aliphatic rings. The fourth-order valence-corrected chi connectivity index (χ4v) is 4.16. The quantitative estimate of drug-likeness (QED) is 0.288. The summed E-state index contributed by atoms with van der Waals surface area (Å²) in [6.45, 7) is 14.3. The van der Waals surface area contributed by atoms with Gasteiger partial charge in [0.2, 0.25) is 0 Å². The van der Waals surface area contributed by atoms with E-state index >= 15 is 0 Å². The lowest BCUT2D eigenvalue weighted by atomic mass is 9.92. The average Bonchev–Trinajstić information content (AvgIpc) is 2.58. The lowest BCUT2D eigenvalue weighted by molar-refractivity contribution is -0.389. The standard InChI is InChI=1S/C19H33N3O3Si/c1-19(2,3)26(4,5)25-14-6-7-16-10-12-21(13-11-16)17-8-9-18(20-15-17)22(23)24/h8-9,15-16H,6-7,10-14H2,1-5H3. The van der Waals surface area contributed by atoms with Gasteiger partial charge in [-0.05, 0) is 65.7 Å². The maximum Gasteiger partial charge on any atom is 0.363 e. The first-order chi connectivity index (χ1) is 12.1. The molecule has 1 aromatic heterocycles. The molecule has 0 bridgehead atoms. The Hall–Kier alpha value is -1.47. The van der Waals surface area contributed by atoms with Crippen molar-refractivity contribution in [2.24, 2.45) is 5.92 Å². The van der Waals surface area contributed by atoms with Gasteiger partial charge in [0.1, 0.15) is 0 Å². The van der Waals surface area contributed by atoms with Crippen LogP contribution in [0.15, 0.2) is 18.3 Å². The van der Waals surface area contributed by atoms with Crippen LogP contribution in [0.5, 0.6) is 0 Å². The third kappa shape index (κ3) is 5.51. The van der Waals surface area contributed by atoms with Crippen molar-refractivity contribution in [3.05, 3.63) is 28.4 Å². The van der Waals surface area contributed by atoms with E-state index in [9.17, 15) is 10.1 Å². The minimum atomic E-state index is -1.62.